The van der Waals surface area contributed by atoms with Gasteiger partial charge in [0.15, 0.2) is 17.5 Å². The fourth-order valence-electron chi connectivity index (χ4n) is 3.37. The number of anilines is 1. The van der Waals surface area contributed by atoms with Crippen molar-refractivity contribution in [1.82, 2.24) is 9.97 Å². The number of nitrogens with one attached hydrogen (secondary N) is 1. The number of nitrogens with zero attached hydrogens (tertiary/aromatic N) is 2. The molecule has 0 spiro atoms. The fraction of sp³-hybridized carbons (Fsp3) is 0.115. The molecule has 1 heterocycles. The first-order chi connectivity index (χ1) is 15.6. The molecule has 0 fully saturated rings. The zero-order chi connectivity index (χ0) is 22.3. The molecule has 3 aromatic carbocycles. The Kier molecular flexibility index (Phi) is 6.60. The van der Waals surface area contributed by atoms with Crippen LogP contribution in [0, 0.1) is 11.6 Å². The summed E-state index contributed by atoms with van der Waals surface area (Å²) in [4.78, 5) is 21.8. The summed E-state index contributed by atoms with van der Waals surface area (Å²) in [6.07, 6.45) is 2.84. The number of aryl methyl sites for hydroxylation is 2. The van der Waals surface area contributed by atoms with Gasteiger partial charge >= 0.3 is 0 Å². The van der Waals surface area contributed by atoms with E-state index in [0.29, 0.717) is 29.2 Å². The molecular weight excluding hydrogens is 408 g/mol. The molecule has 0 unspecified atom stereocenters. The summed E-state index contributed by atoms with van der Waals surface area (Å²) in [7, 11) is 0. The minimum atomic E-state index is -0.981. The van der Waals surface area contributed by atoms with Crippen molar-refractivity contribution in [3.05, 3.63) is 114 Å². The van der Waals surface area contributed by atoms with Crippen molar-refractivity contribution >= 4 is 11.7 Å². The molecule has 1 N–H and O–H groups in total. The van der Waals surface area contributed by atoms with Crippen LogP contribution in [-0.4, -0.2) is 15.9 Å². The Morgan fingerprint density at radius 2 is 1.53 bits per heavy atom. The molecule has 0 saturated carbocycles. The van der Waals surface area contributed by atoms with Crippen molar-refractivity contribution < 1.29 is 13.6 Å². The van der Waals surface area contributed by atoms with E-state index in [1.807, 2.05) is 60.7 Å². The third kappa shape index (κ3) is 5.40. The molecule has 0 aliphatic rings. The molecule has 4 aromatic rings. The maximum Gasteiger partial charge on any atom is 0.229 e. The van der Waals surface area contributed by atoms with Crippen LogP contribution in [0.3, 0.4) is 0 Å². The van der Waals surface area contributed by atoms with Crippen LogP contribution in [0.2, 0.25) is 0 Å². The minimum Gasteiger partial charge on any atom is -0.309 e. The number of hydrogen-bond acceptors (Lipinski definition) is 3. The Hall–Kier alpha value is -3.93. The predicted octanol–water partition coefficient (Wildman–Crippen LogP) is 5.39. The molecule has 0 aliphatic carbocycles. The highest BCUT2D eigenvalue weighted by atomic mass is 19.2. The second-order valence-electron chi connectivity index (χ2n) is 7.38. The van der Waals surface area contributed by atoms with Crippen molar-refractivity contribution in [3.8, 4) is 11.3 Å². The average Bonchev–Trinajstić information content (AvgIpc) is 2.82. The van der Waals surface area contributed by atoms with Crippen molar-refractivity contribution in [2.45, 2.75) is 19.3 Å². The van der Waals surface area contributed by atoms with Crippen LogP contribution in [0.5, 0.6) is 0 Å². The lowest BCUT2D eigenvalue weighted by molar-refractivity contribution is -0.115. The summed E-state index contributed by atoms with van der Waals surface area (Å²) in [5.74, 6) is -1.93. The molecular formula is C26H21F2N3O. The maximum absolute atomic E-state index is 13.5. The second kappa shape index (κ2) is 9.92. The molecule has 32 heavy (non-hydrogen) atoms. The predicted molar refractivity (Wildman–Crippen MR) is 120 cm³/mol. The molecule has 4 nitrogen and oxygen atoms in total. The van der Waals surface area contributed by atoms with E-state index in [2.05, 4.69) is 10.3 Å². The number of halogens is 2. The third-order valence-corrected chi connectivity index (χ3v) is 5.01. The van der Waals surface area contributed by atoms with Gasteiger partial charge in [-0.2, -0.15) is 0 Å². The summed E-state index contributed by atoms with van der Waals surface area (Å²) in [6, 6.07) is 23.1. The lowest BCUT2D eigenvalue weighted by atomic mass is 10.1. The van der Waals surface area contributed by atoms with Crippen LogP contribution in [0.1, 0.15) is 16.8 Å². The number of hydrogen-bond donors (Lipinski definition) is 1. The van der Waals surface area contributed by atoms with Gasteiger partial charge in [-0.15, -0.1) is 0 Å². The number of amides is 1. The van der Waals surface area contributed by atoms with Gasteiger partial charge in [0.2, 0.25) is 5.91 Å². The molecule has 0 radical (unpaired) electrons. The first-order valence-corrected chi connectivity index (χ1v) is 10.3. The number of carbonyl (C=O) groups is 1. The number of carbonyl (C=O) groups excluding carboxylic acids is 1. The lowest BCUT2D eigenvalue weighted by Gasteiger charge is -2.12. The summed E-state index contributed by atoms with van der Waals surface area (Å²) in [6.45, 7) is 0. The molecule has 6 heteroatoms. The average molecular weight is 429 g/mol. The van der Waals surface area contributed by atoms with E-state index in [1.165, 1.54) is 6.07 Å². The van der Waals surface area contributed by atoms with Crippen LogP contribution < -0.4 is 5.32 Å². The van der Waals surface area contributed by atoms with E-state index in [1.54, 1.807) is 6.20 Å². The highest BCUT2D eigenvalue weighted by Crippen LogP contribution is 2.21. The summed E-state index contributed by atoms with van der Waals surface area (Å²) < 4.78 is 26.6. The lowest BCUT2D eigenvalue weighted by Crippen LogP contribution is -2.18. The van der Waals surface area contributed by atoms with Crippen LogP contribution in [0.25, 0.3) is 11.3 Å². The minimum absolute atomic E-state index is 0.0998. The molecule has 0 aliphatic heterocycles. The Labute approximate surface area is 185 Å². The van der Waals surface area contributed by atoms with Gasteiger partial charge in [-0.05, 0) is 36.1 Å². The number of benzene rings is 3. The van der Waals surface area contributed by atoms with Crippen molar-refractivity contribution in [3.63, 3.8) is 0 Å². The topological polar surface area (TPSA) is 54.9 Å². The van der Waals surface area contributed by atoms with Gasteiger partial charge in [0, 0.05) is 5.56 Å². The molecule has 1 aromatic heterocycles. The monoisotopic (exact) mass is 429 g/mol. The zero-order valence-electron chi connectivity index (χ0n) is 17.3. The Balaban J connectivity index is 1.56. The van der Waals surface area contributed by atoms with Crippen molar-refractivity contribution in [1.29, 1.82) is 0 Å². The van der Waals surface area contributed by atoms with Gasteiger partial charge < -0.3 is 5.32 Å². The fourth-order valence-corrected chi connectivity index (χ4v) is 3.37. The molecule has 4 rings (SSSR count). The Bertz CT molecular complexity index is 1210. The van der Waals surface area contributed by atoms with Gasteiger partial charge in [-0.1, -0.05) is 66.7 Å². The molecule has 1 amide bonds. The van der Waals surface area contributed by atoms with Crippen molar-refractivity contribution in [2.24, 2.45) is 0 Å². The highest BCUT2D eigenvalue weighted by Gasteiger charge is 2.14. The van der Waals surface area contributed by atoms with Gasteiger partial charge in [0.25, 0.3) is 0 Å². The largest absolute Gasteiger partial charge is 0.309 e. The summed E-state index contributed by atoms with van der Waals surface area (Å²) in [5.41, 5.74) is 3.83. The standard InChI is InChI=1S/C26H21F2N3O/c27-21-13-11-19(15-22(21)28)16-25(32)31-26-23(14-12-18-7-3-1-4-8-18)30-24(17-29-26)20-9-5-2-6-10-20/h1-11,13,15,17H,12,14,16H2,(H,29,31,32). The quantitative estimate of drug-likeness (QED) is 0.429. The van der Waals surface area contributed by atoms with Gasteiger partial charge in [-0.25, -0.2) is 18.7 Å². The first kappa shape index (κ1) is 21.3. The zero-order valence-corrected chi connectivity index (χ0v) is 17.3. The normalized spacial score (nSPS) is 10.7. The maximum atomic E-state index is 13.5. The van der Waals surface area contributed by atoms with E-state index in [4.69, 9.17) is 4.98 Å². The van der Waals surface area contributed by atoms with Crippen LogP contribution in [0.15, 0.2) is 85.1 Å². The van der Waals surface area contributed by atoms with Crippen LogP contribution in [0.4, 0.5) is 14.6 Å². The summed E-state index contributed by atoms with van der Waals surface area (Å²) in [5, 5.41) is 2.78. The third-order valence-electron chi connectivity index (χ3n) is 5.01. The van der Waals surface area contributed by atoms with Gasteiger partial charge in [-0.3, -0.25) is 4.79 Å². The van der Waals surface area contributed by atoms with E-state index in [0.717, 1.165) is 29.7 Å². The van der Waals surface area contributed by atoms with E-state index in [9.17, 15) is 13.6 Å². The Morgan fingerprint density at radius 1 is 0.812 bits per heavy atom. The summed E-state index contributed by atoms with van der Waals surface area (Å²) >= 11 is 0. The SMILES string of the molecule is O=C(Cc1ccc(F)c(F)c1)Nc1ncc(-c2ccccc2)nc1CCc1ccccc1. The molecule has 0 atom stereocenters. The number of rotatable bonds is 7. The Morgan fingerprint density at radius 3 is 2.25 bits per heavy atom. The first-order valence-electron chi connectivity index (χ1n) is 10.3. The van der Waals surface area contributed by atoms with E-state index in [-0.39, 0.29) is 12.3 Å². The van der Waals surface area contributed by atoms with Crippen LogP contribution >= 0.6 is 0 Å². The van der Waals surface area contributed by atoms with E-state index >= 15 is 0 Å². The van der Waals surface area contributed by atoms with Crippen LogP contribution in [-0.2, 0) is 24.1 Å². The second-order valence-corrected chi connectivity index (χ2v) is 7.38. The molecule has 0 bridgehead atoms. The van der Waals surface area contributed by atoms with E-state index < -0.39 is 11.6 Å². The van der Waals surface area contributed by atoms with Crippen molar-refractivity contribution in [2.75, 3.05) is 5.32 Å². The smallest absolute Gasteiger partial charge is 0.229 e. The molecule has 0 saturated heterocycles. The number of aromatic nitrogens is 2. The van der Waals surface area contributed by atoms with Gasteiger partial charge in [0.05, 0.1) is 24.0 Å². The highest BCUT2D eigenvalue weighted by molar-refractivity contribution is 5.92. The van der Waals surface area contributed by atoms with Gasteiger partial charge in [0.1, 0.15) is 0 Å². The molecule has 160 valence electrons.